The second-order valence-electron chi connectivity index (χ2n) is 2.80. The fourth-order valence-corrected chi connectivity index (χ4v) is 2.07. The van der Waals surface area contributed by atoms with Crippen LogP contribution in [0.15, 0.2) is 23.1 Å². The Balaban J connectivity index is 3.39. The van der Waals surface area contributed by atoms with Gasteiger partial charge in [0.2, 0.25) is 10.0 Å². The molecule has 0 bridgehead atoms. The van der Waals surface area contributed by atoms with Gasteiger partial charge in [0.05, 0.1) is 5.02 Å². The number of nitrogens with zero attached hydrogens (tertiary/aromatic N) is 2. The molecule has 0 aliphatic carbocycles. The SMILES string of the molecule is [N-]=[N+]=CC(=O)c1ccc(Cl)c(S(N)(=O)=O)c1. The molecule has 0 heterocycles. The van der Waals surface area contributed by atoms with Crippen LogP contribution in [0.3, 0.4) is 0 Å². The van der Waals surface area contributed by atoms with E-state index in [0.29, 0.717) is 6.21 Å². The average Bonchev–Trinajstić information content (AvgIpc) is 2.16. The zero-order chi connectivity index (χ0) is 12.3. The normalized spacial score (nSPS) is 10.6. The van der Waals surface area contributed by atoms with Crippen LogP contribution in [0.25, 0.3) is 5.53 Å². The number of carbonyl (C=O) groups excluding carboxylic acids is 1. The molecular weight excluding hydrogens is 254 g/mol. The largest absolute Gasteiger partial charge is 0.361 e. The van der Waals surface area contributed by atoms with Crippen LogP contribution < -0.4 is 5.14 Å². The summed E-state index contributed by atoms with van der Waals surface area (Å²) in [5.41, 5.74) is 8.17. The number of halogens is 1. The molecule has 0 aliphatic heterocycles. The Labute approximate surface area is 96.3 Å². The van der Waals surface area contributed by atoms with Crippen molar-refractivity contribution in [1.82, 2.24) is 0 Å². The van der Waals surface area contributed by atoms with Crippen molar-refractivity contribution in [3.05, 3.63) is 34.3 Å². The molecule has 0 spiro atoms. The minimum atomic E-state index is -4.00. The number of hydrogen-bond donors (Lipinski definition) is 1. The second-order valence-corrected chi connectivity index (χ2v) is 4.74. The average molecular weight is 260 g/mol. The summed E-state index contributed by atoms with van der Waals surface area (Å²) in [5.74, 6) is -0.663. The Morgan fingerprint density at radius 3 is 2.62 bits per heavy atom. The van der Waals surface area contributed by atoms with E-state index in [0.717, 1.165) is 6.07 Å². The van der Waals surface area contributed by atoms with Crippen molar-refractivity contribution < 1.29 is 18.0 Å². The number of Topliss-reactive ketones (excluding diaryl/α,β-unsaturated/α-hetero) is 1. The molecule has 6 nitrogen and oxygen atoms in total. The number of ketones is 1. The van der Waals surface area contributed by atoms with E-state index in [9.17, 15) is 13.2 Å². The van der Waals surface area contributed by atoms with E-state index in [2.05, 4.69) is 4.79 Å². The molecule has 2 N–H and O–H groups in total. The van der Waals surface area contributed by atoms with Crippen LogP contribution in [0, 0.1) is 0 Å². The lowest BCUT2D eigenvalue weighted by Crippen LogP contribution is -2.14. The van der Waals surface area contributed by atoms with Crippen LogP contribution in [-0.4, -0.2) is 25.2 Å². The smallest absolute Gasteiger partial charge is 0.328 e. The number of nitrogens with two attached hydrogens (primary N) is 1. The maximum atomic E-state index is 11.2. The molecule has 0 aromatic heterocycles. The minimum absolute atomic E-state index is 0.00576. The van der Waals surface area contributed by atoms with E-state index in [-0.39, 0.29) is 15.5 Å². The number of carbonyl (C=O) groups is 1. The minimum Gasteiger partial charge on any atom is -0.361 e. The van der Waals surface area contributed by atoms with Crippen molar-refractivity contribution in [3.8, 4) is 0 Å². The molecule has 84 valence electrons. The standard InChI is InChI=1S/C8H6ClN3O3S/c9-6-2-1-5(7(13)4-12-10)3-8(6)16(11,14)15/h1-4H,(H2,11,14,15). The molecular formula is C8H6ClN3O3S. The van der Waals surface area contributed by atoms with Crippen LogP contribution >= 0.6 is 11.6 Å². The summed E-state index contributed by atoms with van der Waals surface area (Å²) in [6.07, 6.45) is 0.635. The molecule has 8 heteroatoms. The lowest BCUT2D eigenvalue weighted by Gasteiger charge is -2.02. The summed E-state index contributed by atoms with van der Waals surface area (Å²) in [4.78, 5) is 13.4. The predicted molar refractivity (Wildman–Crippen MR) is 56.8 cm³/mol. The topological polar surface area (TPSA) is 114 Å². The van der Waals surface area contributed by atoms with Gasteiger partial charge in [0.1, 0.15) is 4.90 Å². The Kier molecular flexibility index (Phi) is 3.56. The van der Waals surface area contributed by atoms with E-state index in [1.807, 2.05) is 0 Å². The van der Waals surface area contributed by atoms with Crippen molar-refractivity contribution in [2.45, 2.75) is 4.90 Å². The van der Waals surface area contributed by atoms with E-state index in [1.165, 1.54) is 12.1 Å². The van der Waals surface area contributed by atoms with Gasteiger partial charge in [0, 0.05) is 5.56 Å². The maximum Gasteiger partial charge on any atom is 0.328 e. The van der Waals surface area contributed by atoms with Gasteiger partial charge >= 0.3 is 6.21 Å². The van der Waals surface area contributed by atoms with Gasteiger partial charge in [-0.15, -0.1) is 0 Å². The fraction of sp³-hybridized carbons (Fsp3) is 0. The van der Waals surface area contributed by atoms with Crippen LogP contribution in [0.5, 0.6) is 0 Å². The Hall–Kier alpha value is -1.53. The van der Waals surface area contributed by atoms with Crippen LogP contribution in [-0.2, 0) is 10.0 Å². The number of hydrogen-bond acceptors (Lipinski definition) is 3. The highest BCUT2D eigenvalue weighted by Crippen LogP contribution is 2.21. The molecule has 0 aliphatic rings. The molecule has 16 heavy (non-hydrogen) atoms. The van der Waals surface area contributed by atoms with Gasteiger partial charge in [0.15, 0.2) is 0 Å². The third-order valence-electron chi connectivity index (χ3n) is 1.70. The van der Waals surface area contributed by atoms with Crippen LogP contribution in [0.4, 0.5) is 0 Å². The van der Waals surface area contributed by atoms with Crippen LogP contribution in [0.1, 0.15) is 10.4 Å². The van der Waals surface area contributed by atoms with Crippen molar-refractivity contribution in [1.29, 1.82) is 0 Å². The molecule has 1 rings (SSSR count). The molecule has 0 atom stereocenters. The van der Waals surface area contributed by atoms with E-state index >= 15 is 0 Å². The van der Waals surface area contributed by atoms with Gasteiger partial charge < -0.3 is 5.53 Å². The van der Waals surface area contributed by atoms with Gasteiger partial charge in [-0.25, -0.2) is 13.6 Å². The molecule has 1 aromatic rings. The molecule has 0 radical (unpaired) electrons. The van der Waals surface area contributed by atoms with Crippen molar-refractivity contribution in [2.75, 3.05) is 0 Å². The first kappa shape index (κ1) is 12.5. The maximum absolute atomic E-state index is 11.2. The fourth-order valence-electron chi connectivity index (χ4n) is 1.00. The molecule has 0 fully saturated rings. The highest BCUT2D eigenvalue weighted by molar-refractivity contribution is 7.89. The highest BCUT2D eigenvalue weighted by Gasteiger charge is 2.16. The third kappa shape index (κ3) is 2.74. The lowest BCUT2D eigenvalue weighted by molar-refractivity contribution is 0.00234. The Morgan fingerprint density at radius 2 is 2.12 bits per heavy atom. The molecule has 0 unspecified atom stereocenters. The summed E-state index contributed by atoms with van der Waals surface area (Å²) in [5, 5.41) is 4.81. The Morgan fingerprint density at radius 1 is 1.50 bits per heavy atom. The zero-order valence-corrected chi connectivity index (χ0v) is 9.36. The number of benzene rings is 1. The summed E-state index contributed by atoms with van der Waals surface area (Å²) in [6.45, 7) is 0. The van der Waals surface area contributed by atoms with E-state index in [1.54, 1.807) is 0 Å². The van der Waals surface area contributed by atoms with Gasteiger partial charge in [-0.3, -0.25) is 4.79 Å². The molecule has 0 amide bonds. The number of primary sulfonamides is 1. The number of sulfonamides is 1. The Bertz CT molecular complexity index is 591. The van der Waals surface area contributed by atoms with Crippen molar-refractivity contribution in [3.63, 3.8) is 0 Å². The highest BCUT2D eigenvalue weighted by atomic mass is 35.5. The van der Waals surface area contributed by atoms with Crippen LogP contribution in [0.2, 0.25) is 5.02 Å². The van der Waals surface area contributed by atoms with Gasteiger partial charge in [-0.1, -0.05) is 11.6 Å². The third-order valence-corrected chi connectivity index (χ3v) is 3.09. The van der Waals surface area contributed by atoms with Gasteiger partial charge in [-0.2, -0.15) is 4.79 Å². The predicted octanol–water partition coefficient (Wildman–Crippen LogP) is 0.471. The van der Waals surface area contributed by atoms with E-state index in [4.69, 9.17) is 22.3 Å². The van der Waals surface area contributed by atoms with Gasteiger partial charge in [-0.05, 0) is 18.2 Å². The van der Waals surface area contributed by atoms with Crippen molar-refractivity contribution in [2.24, 2.45) is 5.14 Å². The number of rotatable bonds is 3. The summed E-state index contributed by atoms with van der Waals surface area (Å²) < 4.78 is 22.2. The molecule has 1 aromatic carbocycles. The van der Waals surface area contributed by atoms with E-state index < -0.39 is 15.8 Å². The first-order valence-electron chi connectivity index (χ1n) is 3.90. The summed E-state index contributed by atoms with van der Waals surface area (Å²) in [6, 6.07) is 3.53. The van der Waals surface area contributed by atoms with Gasteiger partial charge in [0.25, 0.3) is 5.78 Å². The molecule has 0 saturated heterocycles. The summed E-state index contributed by atoms with van der Waals surface area (Å²) in [7, 11) is -4.00. The first-order chi connectivity index (χ1) is 7.36. The lowest BCUT2D eigenvalue weighted by atomic mass is 10.1. The molecule has 0 saturated carbocycles. The summed E-state index contributed by atoms with van der Waals surface area (Å²) >= 11 is 5.61. The first-order valence-corrected chi connectivity index (χ1v) is 5.83. The quantitative estimate of drug-likeness (QED) is 0.368. The monoisotopic (exact) mass is 259 g/mol. The van der Waals surface area contributed by atoms with Crippen molar-refractivity contribution >= 4 is 33.6 Å². The zero-order valence-electron chi connectivity index (χ0n) is 7.79. The second kappa shape index (κ2) is 4.54.